The molecular formula is C12H22O11. The van der Waals surface area contributed by atoms with E-state index >= 15 is 0 Å². The average Bonchev–Trinajstić information content (AvgIpc) is 2.54. The van der Waals surface area contributed by atoms with E-state index in [9.17, 15) is 51.1 Å². The van der Waals surface area contributed by atoms with E-state index in [-0.39, 0.29) is 0 Å². The molecule has 0 aromatic rings. The third kappa shape index (κ3) is 3.10. The minimum atomic E-state index is -1.89. The van der Waals surface area contributed by atoms with Crippen molar-refractivity contribution in [3.63, 3.8) is 0 Å². The van der Waals surface area contributed by atoms with Crippen molar-refractivity contribution >= 4 is 0 Å². The third-order valence-electron chi connectivity index (χ3n) is 4.46. The predicted molar refractivity (Wildman–Crippen MR) is 68.7 cm³/mol. The van der Waals surface area contributed by atoms with Gasteiger partial charge in [0.1, 0.15) is 73.2 Å². The highest BCUT2D eigenvalue weighted by Gasteiger charge is 2.54. The number of aliphatic hydroxyl groups excluding tert-OH is 10. The standard InChI is InChI=1S/C12H22O11/c13-1-3(15)7(19)11(8(20)4(1)16)23-12-9(21)5(17)2(14)6(18)10(12)22/h1-22H/t1?,2?,3-,4-,5-,6+,7+,8+,9-,10+,11?,12?/m1/s1. The Morgan fingerprint density at radius 2 is 0.478 bits per heavy atom. The second kappa shape index (κ2) is 6.82. The van der Waals surface area contributed by atoms with Crippen LogP contribution in [0.1, 0.15) is 0 Å². The lowest BCUT2D eigenvalue weighted by molar-refractivity contribution is -0.289. The molecule has 2 unspecified atom stereocenters. The molecule has 2 saturated carbocycles. The van der Waals surface area contributed by atoms with Gasteiger partial charge >= 0.3 is 0 Å². The van der Waals surface area contributed by atoms with Crippen LogP contribution in [0, 0.1) is 0 Å². The third-order valence-corrected chi connectivity index (χ3v) is 4.46. The first-order valence-corrected chi connectivity index (χ1v) is 7.05. The van der Waals surface area contributed by atoms with Crippen LogP contribution < -0.4 is 0 Å². The summed E-state index contributed by atoms with van der Waals surface area (Å²) in [6.45, 7) is 0. The molecule has 11 nitrogen and oxygen atoms in total. The van der Waals surface area contributed by atoms with E-state index in [1.54, 1.807) is 0 Å². The summed E-state index contributed by atoms with van der Waals surface area (Å²) >= 11 is 0. The Morgan fingerprint density at radius 1 is 0.304 bits per heavy atom. The normalized spacial score (nSPS) is 58.2. The number of hydrogen-bond donors (Lipinski definition) is 10. The maximum absolute atomic E-state index is 9.84. The van der Waals surface area contributed by atoms with Crippen LogP contribution in [0.5, 0.6) is 0 Å². The molecule has 2 fully saturated rings. The Morgan fingerprint density at radius 3 is 0.696 bits per heavy atom. The maximum Gasteiger partial charge on any atom is 0.115 e. The number of hydrogen-bond acceptors (Lipinski definition) is 11. The van der Waals surface area contributed by atoms with E-state index in [0.29, 0.717) is 0 Å². The summed E-state index contributed by atoms with van der Waals surface area (Å²) in [6, 6.07) is 0. The van der Waals surface area contributed by atoms with Crippen molar-refractivity contribution in [1.29, 1.82) is 0 Å². The van der Waals surface area contributed by atoms with Crippen LogP contribution in [0.3, 0.4) is 0 Å². The van der Waals surface area contributed by atoms with Crippen LogP contribution in [0.2, 0.25) is 0 Å². The summed E-state index contributed by atoms with van der Waals surface area (Å²) in [5.74, 6) is 0. The lowest BCUT2D eigenvalue weighted by Crippen LogP contribution is -2.69. The number of aliphatic hydroxyl groups is 10. The Balaban J connectivity index is 2.19. The zero-order valence-electron chi connectivity index (χ0n) is 11.8. The highest BCUT2D eigenvalue weighted by molar-refractivity contribution is 5.03. The second-order valence-corrected chi connectivity index (χ2v) is 5.97. The van der Waals surface area contributed by atoms with E-state index in [1.807, 2.05) is 0 Å². The van der Waals surface area contributed by atoms with Gasteiger partial charge in [-0.2, -0.15) is 0 Å². The first-order valence-electron chi connectivity index (χ1n) is 7.05. The Hall–Kier alpha value is -0.440. The van der Waals surface area contributed by atoms with Crippen molar-refractivity contribution in [1.82, 2.24) is 0 Å². The second-order valence-electron chi connectivity index (χ2n) is 5.97. The van der Waals surface area contributed by atoms with Crippen molar-refractivity contribution in [2.45, 2.75) is 73.2 Å². The fourth-order valence-corrected chi connectivity index (χ4v) is 2.90. The molecule has 0 radical (unpaired) electrons. The molecule has 2 rings (SSSR count). The highest BCUT2D eigenvalue weighted by atomic mass is 16.6. The van der Waals surface area contributed by atoms with E-state index in [4.69, 9.17) is 4.74 Å². The SMILES string of the molecule is OC1[C@@H](O)[C@H](O)C(OC2[C@@H](O)[C@@H](O)C(O)[C@@H](O)[C@H]2O)[C@@H](O)[C@@H]1O. The quantitative estimate of drug-likeness (QED) is 0.228. The molecule has 136 valence electrons. The largest absolute Gasteiger partial charge is 0.387 e. The van der Waals surface area contributed by atoms with Crippen LogP contribution in [0.25, 0.3) is 0 Å². The van der Waals surface area contributed by atoms with Gasteiger partial charge in [-0.15, -0.1) is 0 Å². The number of rotatable bonds is 2. The Bertz CT molecular complexity index is 340. The monoisotopic (exact) mass is 342 g/mol. The molecule has 0 bridgehead atoms. The molecule has 23 heavy (non-hydrogen) atoms. The molecule has 2 aliphatic rings. The molecule has 0 aliphatic heterocycles. The first kappa shape index (κ1) is 18.9. The zero-order chi connectivity index (χ0) is 17.6. The predicted octanol–water partition coefficient (Wildman–Crippen LogP) is -6.62. The molecule has 0 aromatic carbocycles. The van der Waals surface area contributed by atoms with Gasteiger partial charge in [-0.3, -0.25) is 0 Å². The average molecular weight is 342 g/mol. The van der Waals surface area contributed by atoms with Gasteiger partial charge in [0.25, 0.3) is 0 Å². The minimum Gasteiger partial charge on any atom is -0.387 e. The molecule has 11 heteroatoms. The molecular weight excluding hydrogens is 320 g/mol. The number of ether oxygens (including phenoxy) is 1. The van der Waals surface area contributed by atoms with Crippen molar-refractivity contribution in [2.75, 3.05) is 0 Å². The Labute approximate surface area is 130 Å². The van der Waals surface area contributed by atoms with Gasteiger partial charge in [0, 0.05) is 0 Å². The highest BCUT2D eigenvalue weighted by Crippen LogP contribution is 2.30. The molecule has 0 aromatic heterocycles. The van der Waals surface area contributed by atoms with Gasteiger partial charge in [0.05, 0.1) is 0 Å². The van der Waals surface area contributed by atoms with Crippen molar-refractivity contribution in [2.24, 2.45) is 0 Å². The summed E-state index contributed by atoms with van der Waals surface area (Å²) in [7, 11) is 0. The lowest BCUT2D eigenvalue weighted by Gasteiger charge is -2.47. The van der Waals surface area contributed by atoms with Gasteiger partial charge in [0.2, 0.25) is 0 Å². The maximum atomic E-state index is 9.84. The molecule has 2 aliphatic carbocycles. The summed E-state index contributed by atoms with van der Waals surface area (Å²) < 4.78 is 5.10. The van der Waals surface area contributed by atoms with Gasteiger partial charge in [-0.1, -0.05) is 0 Å². The van der Waals surface area contributed by atoms with Crippen molar-refractivity contribution < 1.29 is 55.8 Å². The minimum absolute atomic E-state index is 1.74. The molecule has 0 heterocycles. The smallest absolute Gasteiger partial charge is 0.115 e. The van der Waals surface area contributed by atoms with Crippen LogP contribution in [0.4, 0.5) is 0 Å². The summed E-state index contributed by atoms with van der Waals surface area (Å²) in [5, 5.41) is 96.6. The van der Waals surface area contributed by atoms with Crippen LogP contribution in [-0.4, -0.2) is 124 Å². The summed E-state index contributed by atoms with van der Waals surface area (Å²) in [6.07, 6.45) is -22.2. The molecule has 10 N–H and O–H groups in total. The van der Waals surface area contributed by atoms with Gasteiger partial charge < -0.3 is 55.8 Å². The van der Waals surface area contributed by atoms with Gasteiger partial charge in [-0.05, 0) is 0 Å². The Kier molecular flexibility index (Phi) is 5.60. The molecule has 0 spiro atoms. The summed E-state index contributed by atoms with van der Waals surface area (Å²) in [5.41, 5.74) is 0. The van der Waals surface area contributed by atoms with Crippen molar-refractivity contribution in [3.8, 4) is 0 Å². The molecule has 0 amide bonds. The van der Waals surface area contributed by atoms with Crippen LogP contribution in [-0.2, 0) is 4.74 Å². The van der Waals surface area contributed by atoms with Gasteiger partial charge in [-0.25, -0.2) is 0 Å². The topological polar surface area (TPSA) is 212 Å². The lowest BCUT2D eigenvalue weighted by atomic mass is 9.82. The molecule has 0 saturated heterocycles. The van der Waals surface area contributed by atoms with Gasteiger partial charge in [0.15, 0.2) is 0 Å². The fraction of sp³-hybridized carbons (Fsp3) is 1.00. The van der Waals surface area contributed by atoms with Crippen molar-refractivity contribution in [3.05, 3.63) is 0 Å². The summed E-state index contributed by atoms with van der Waals surface area (Å²) in [4.78, 5) is 0. The first-order chi connectivity index (χ1) is 10.6. The zero-order valence-corrected chi connectivity index (χ0v) is 11.8. The van der Waals surface area contributed by atoms with E-state index in [0.717, 1.165) is 0 Å². The van der Waals surface area contributed by atoms with E-state index in [2.05, 4.69) is 0 Å². The molecule has 10 atom stereocenters. The fourth-order valence-electron chi connectivity index (χ4n) is 2.90. The van der Waals surface area contributed by atoms with Crippen LogP contribution >= 0.6 is 0 Å². The van der Waals surface area contributed by atoms with E-state index < -0.39 is 73.2 Å². The van der Waals surface area contributed by atoms with E-state index in [1.165, 1.54) is 0 Å². The van der Waals surface area contributed by atoms with Crippen LogP contribution in [0.15, 0.2) is 0 Å².